The van der Waals surface area contributed by atoms with Gasteiger partial charge in [-0.15, -0.1) is 0 Å². The highest BCUT2D eigenvalue weighted by molar-refractivity contribution is 5.94. The smallest absolute Gasteiger partial charge is 0.254 e. The fourth-order valence-electron chi connectivity index (χ4n) is 2.50. The fourth-order valence-corrected chi connectivity index (χ4v) is 2.50. The van der Waals surface area contributed by atoms with Crippen molar-refractivity contribution in [2.75, 3.05) is 20.8 Å². The van der Waals surface area contributed by atoms with Crippen LogP contribution in [0.2, 0.25) is 0 Å². The number of aryl methyl sites for hydroxylation is 2. The van der Waals surface area contributed by atoms with E-state index in [0.717, 1.165) is 22.4 Å². The molecule has 0 aliphatic rings. The summed E-state index contributed by atoms with van der Waals surface area (Å²) in [5.41, 5.74) is 3.72. The predicted molar refractivity (Wildman–Crippen MR) is 90.8 cm³/mol. The van der Waals surface area contributed by atoms with E-state index in [2.05, 4.69) is 0 Å². The molecular formula is C19H23NO3. The van der Waals surface area contributed by atoms with E-state index < -0.39 is 6.04 Å². The van der Waals surface area contributed by atoms with Gasteiger partial charge in [0.15, 0.2) is 0 Å². The molecule has 0 aromatic heterocycles. The lowest BCUT2D eigenvalue weighted by molar-refractivity contribution is 0.0658. The van der Waals surface area contributed by atoms with Crippen LogP contribution < -0.4 is 4.74 Å². The van der Waals surface area contributed by atoms with Gasteiger partial charge in [0.1, 0.15) is 5.75 Å². The molecule has 122 valence electrons. The van der Waals surface area contributed by atoms with Crippen LogP contribution in [-0.2, 0) is 0 Å². The van der Waals surface area contributed by atoms with Crippen molar-refractivity contribution in [2.45, 2.75) is 19.9 Å². The molecule has 0 spiro atoms. The first kappa shape index (κ1) is 17.0. The number of ether oxygens (including phenoxy) is 1. The number of likely N-dealkylation sites (N-methyl/N-ethyl adjacent to an activating group) is 1. The van der Waals surface area contributed by atoms with Crippen LogP contribution in [0.25, 0.3) is 0 Å². The summed E-state index contributed by atoms with van der Waals surface area (Å²) in [6.45, 7) is 3.86. The van der Waals surface area contributed by atoms with Crippen molar-refractivity contribution < 1.29 is 14.6 Å². The van der Waals surface area contributed by atoms with E-state index in [1.165, 1.54) is 0 Å². The lowest BCUT2D eigenvalue weighted by atomic mass is 10.0. The van der Waals surface area contributed by atoms with Crippen LogP contribution in [0.15, 0.2) is 42.5 Å². The molecule has 23 heavy (non-hydrogen) atoms. The van der Waals surface area contributed by atoms with E-state index >= 15 is 0 Å². The third-order valence-electron chi connectivity index (χ3n) is 4.22. The molecule has 0 saturated heterocycles. The number of hydrogen-bond donors (Lipinski definition) is 1. The number of aliphatic hydroxyl groups is 1. The maximum atomic E-state index is 12.7. The molecule has 1 amide bonds. The number of methoxy groups -OCH3 is 1. The van der Waals surface area contributed by atoms with E-state index in [1.54, 1.807) is 19.1 Å². The normalized spacial score (nSPS) is 11.9. The van der Waals surface area contributed by atoms with Gasteiger partial charge < -0.3 is 14.7 Å². The zero-order valence-corrected chi connectivity index (χ0v) is 14.0. The summed E-state index contributed by atoms with van der Waals surface area (Å²) in [5.74, 6) is 0.636. The van der Waals surface area contributed by atoms with Crippen LogP contribution in [0, 0.1) is 13.8 Å². The molecule has 1 atom stereocenters. The van der Waals surface area contributed by atoms with Crippen LogP contribution in [0.4, 0.5) is 0 Å². The Balaban J connectivity index is 2.25. The number of hydrogen-bond acceptors (Lipinski definition) is 3. The highest BCUT2D eigenvalue weighted by Crippen LogP contribution is 2.23. The largest absolute Gasteiger partial charge is 0.497 e. The van der Waals surface area contributed by atoms with Gasteiger partial charge in [0.25, 0.3) is 5.91 Å². The summed E-state index contributed by atoms with van der Waals surface area (Å²) in [5, 5.41) is 9.75. The van der Waals surface area contributed by atoms with Crippen LogP contribution >= 0.6 is 0 Å². The van der Waals surface area contributed by atoms with Gasteiger partial charge in [-0.2, -0.15) is 0 Å². The van der Waals surface area contributed by atoms with Crippen LogP contribution in [-0.4, -0.2) is 36.7 Å². The molecule has 0 fully saturated rings. The second kappa shape index (κ2) is 7.29. The molecule has 0 bridgehead atoms. The number of nitrogens with zero attached hydrogens (tertiary/aromatic N) is 1. The molecule has 2 aromatic carbocycles. The highest BCUT2D eigenvalue weighted by Gasteiger charge is 2.22. The van der Waals surface area contributed by atoms with Crippen molar-refractivity contribution in [3.63, 3.8) is 0 Å². The second-order valence-corrected chi connectivity index (χ2v) is 5.69. The van der Waals surface area contributed by atoms with Gasteiger partial charge in [-0.05, 0) is 54.8 Å². The first-order valence-corrected chi connectivity index (χ1v) is 7.57. The Kier molecular flexibility index (Phi) is 5.40. The molecule has 0 aliphatic heterocycles. The molecule has 4 heteroatoms. The highest BCUT2D eigenvalue weighted by atomic mass is 16.5. The van der Waals surface area contributed by atoms with Crippen molar-refractivity contribution in [2.24, 2.45) is 0 Å². The summed E-state index contributed by atoms with van der Waals surface area (Å²) < 4.78 is 5.14. The minimum absolute atomic E-state index is 0.108. The summed E-state index contributed by atoms with van der Waals surface area (Å²) in [6.07, 6.45) is 0. The number of rotatable bonds is 5. The predicted octanol–water partition coefficient (Wildman–Crippen LogP) is 3.12. The average Bonchev–Trinajstić information content (AvgIpc) is 2.57. The first-order valence-electron chi connectivity index (χ1n) is 7.57. The number of carbonyl (C=O) groups excluding carboxylic acids is 1. The van der Waals surface area contributed by atoms with Crippen molar-refractivity contribution >= 4 is 5.91 Å². The van der Waals surface area contributed by atoms with Crippen molar-refractivity contribution in [1.82, 2.24) is 4.90 Å². The van der Waals surface area contributed by atoms with Gasteiger partial charge in [-0.1, -0.05) is 18.2 Å². The summed E-state index contributed by atoms with van der Waals surface area (Å²) in [6, 6.07) is 12.6. The topological polar surface area (TPSA) is 49.8 Å². The Hall–Kier alpha value is -2.33. The molecule has 0 aliphatic carbocycles. The SMILES string of the molecule is COc1ccc(C(CO)N(C)C(=O)c2ccc(C)c(C)c2)cc1. The van der Waals surface area contributed by atoms with Crippen molar-refractivity contribution in [3.05, 3.63) is 64.7 Å². The Morgan fingerprint density at radius 3 is 2.30 bits per heavy atom. The minimum atomic E-state index is -0.394. The van der Waals surface area contributed by atoms with Gasteiger partial charge >= 0.3 is 0 Å². The van der Waals surface area contributed by atoms with E-state index in [9.17, 15) is 9.90 Å². The molecule has 2 rings (SSSR count). The number of aliphatic hydroxyl groups excluding tert-OH is 1. The van der Waals surface area contributed by atoms with E-state index in [1.807, 2.05) is 56.3 Å². The Morgan fingerprint density at radius 1 is 1.13 bits per heavy atom. The molecule has 0 radical (unpaired) electrons. The first-order chi connectivity index (χ1) is 11.0. The van der Waals surface area contributed by atoms with Gasteiger partial charge in [-0.25, -0.2) is 0 Å². The van der Waals surface area contributed by atoms with Crippen LogP contribution in [0.5, 0.6) is 5.75 Å². The molecule has 0 heterocycles. The third-order valence-corrected chi connectivity index (χ3v) is 4.22. The van der Waals surface area contributed by atoms with Gasteiger partial charge in [0.05, 0.1) is 19.8 Å². The molecule has 2 aromatic rings. The molecule has 1 N–H and O–H groups in total. The van der Waals surface area contributed by atoms with Gasteiger partial charge in [0, 0.05) is 12.6 Å². The fraction of sp³-hybridized carbons (Fsp3) is 0.316. The zero-order chi connectivity index (χ0) is 17.0. The zero-order valence-electron chi connectivity index (χ0n) is 14.0. The maximum absolute atomic E-state index is 12.7. The number of amides is 1. The van der Waals surface area contributed by atoms with Gasteiger partial charge in [0.2, 0.25) is 0 Å². The third kappa shape index (κ3) is 3.71. The lowest BCUT2D eigenvalue weighted by Crippen LogP contribution is -2.33. The van der Waals surface area contributed by atoms with E-state index in [-0.39, 0.29) is 12.5 Å². The minimum Gasteiger partial charge on any atom is -0.497 e. The quantitative estimate of drug-likeness (QED) is 0.922. The van der Waals surface area contributed by atoms with Crippen molar-refractivity contribution in [1.29, 1.82) is 0 Å². The van der Waals surface area contributed by atoms with Gasteiger partial charge in [-0.3, -0.25) is 4.79 Å². The molecule has 0 saturated carbocycles. The van der Waals surface area contributed by atoms with Crippen LogP contribution in [0.1, 0.15) is 33.1 Å². The average molecular weight is 313 g/mol. The number of benzene rings is 2. The second-order valence-electron chi connectivity index (χ2n) is 5.69. The Morgan fingerprint density at radius 2 is 1.78 bits per heavy atom. The van der Waals surface area contributed by atoms with E-state index in [4.69, 9.17) is 4.74 Å². The summed E-state index contributed by atoms with van der Waals surface area (Å²) >= 11 is 0. The number of carbonyl (C=O) groups is 1. The maximum Gasteiger partial charge on any atom is 0.254 e. The van der Waals surface area contributed by atoms with Crippen molar-refractivity contribution in [3.8, 4) is 5.75 Å². The molecule has 4 nitrogen and oxygen atoms in total. The van der Waals surface area contributed by atoms with Crippen LogP contribution in [0.3, 0.4) is 0 Å². The molecular weight excluding hydrogens is 290 g/mol. The Labute approximate surface area is 137 Å². The summed E-state index contributed by atoms with van der Waals surface area (Å²) in [7, 11) is 3.32. The standard InChI is InChI=1S/C19H23NO3/c1-13-5-6-16(11-14(13)2)19(22)20(3)18(12-21)15-7-9-17(23-4)10-8-15/h5-11,18,21H,12H2,1-4H3. The molecule has 1 unspecified atom stereocenters. The lowest BCUT2D eigenvalue weighted by Gasteiger charge is -2.27. The Bertz CT molecular complexity index is 680. The summed E-state index contributed by atoms with van der Waals surface area (Å²) in [4.78, 5) is 14.3. The monoisotopic (exact) mass is 313 g/mol. The van der Waals surface area contributed by atoms with E-state index in [0.29, 0.717) is 5.56 Å².